The second kappa shape index (κ2) is 6.43. The molecule has 0 radical (unpaired) electrons. The molecule has 2 heterocycles. The summed E-state index contributed by atoms with van der Waals surface area (Å²) < 4.78 is 0. The molecule has 3 N–H and O–H groups in total. The largest absolute Gasteiger partial charge is 0.366 e. The van der Waals surface area contributed by atoms with Crippen molar-refractivity contribution in [2.45, 2.75) is 19.3 Å². The molecule has 0 aliphatic carbocycles. The van der Waals surface area contributed by atoms with Gasteiger partial charge in [-0.25, -0.2) is 0 Å². The van der Waals surface area contributed by atoms with Gasteiger partial charge in [0.15, 0.2) is 5.84 Å². The second-order valence-corrected chi connectivity index (χ2v) is 5.23. The normalized spacial score (nSPS) is 15.1. The summed E-state index contributed by atoms with van der Waals surface area (Å²) in [5.41, 5.74) is 2.36. The number of para-hydroxylation sites is 1. The van der Waals surface area contributed by atoms with Gasteiger partial charge in [-0.2, -0.15) is 0 Å². The Balaban J connectivity index is 1.56. The minimum atomic E-state index is -0.100. The first-order valence-electron chi connectivity index (χ1n) is 7.46. The molecule has 0 saturated heterocycles. The molecule has 110 valence electrons. The van der Waals surface area contributed by atoms with Crippen molar-refractivity contribution in [3.05, 3.63) is 36.0 Å². The molecule has 0 saturated carbocycles. The standard InChI is InChI=1S/C16H20N4O/c21-16(15-17-8-3-4-9-18-15)19-10-7-12-11-20-14-6-2-1-5-13(12)14/h1-2,5-6,11,20H,3-4,7-10H2,(H,17,18)(H,19,21). The molecule has 1 aromatic heterocycles. The lowest BCUT2D eigenvalue weighted by Crippen LogP contribution is -2.40. The first-order chi connectivity index (χ1) is 10.3. The number of benzene rings is 1. The molecule has 0 atom stereocenters. The fraction of sp³-hybridized carbons (Fsp3) is 0.375. The summed E-state index contributed by atoms with van der Waals surface area (Å²) in [6.07, 6.45) is 4.93. The molecule has 1 aliphatic rings. The van der Waals surface area contributed by atoms with Crippen LogP contribution in [0.3, 0.4) is 0 Å². The van der Waals surface area contributed by atoms with Gasteiger partial charge in [0.05, 0.1) is 0 Å². The van der Waals surface area contributed by atoms with E-state index in [2.05, 4.69) is 32.7 Å². The number of amidine groups is 1. The summed E-state index contributed by atoms with van der Waals surface area (Å²) in [6.45, 7) is 2.17. The highest BCUT2D eigenvalue weighted by atomic mass is 16.2. The van der Waals surface area contributed by atoms with Crippen molar-refractivity contribution in [3.8, 4) is 0 Å². The topological polar surface area (TPSA) is 69.3 Å². The molecule has 1 amide bonds. The Morgan fingerprint density at radius 2 is 2.19 bits per heavy atom. The maximum atomic E-state index is 12.0. The predicted octanol–water partition coefficient (Wildman–Crippen LogP) is 1.61. The molecule has 1 aliphatic heterocycles. The van der Waals surface area contributed by atoms with Gasteiger partial charge in [0, 0.05) is 36.7 Å². The Bertz CT molecular complexity index is 659. The van der Waals surface area contributed by atoms with Gasteiger partial charge in [-0.05, 0) is 30.9 Å². The molecule has 1 aromatic carbocycles. The zero-order valence-electron chi connectivity index (χ0n) is 12.0. The van der Waals surface area contributed by atoms with Crippen molar-refractivity contribution in [1.29, 1.82) is 0 Å². The molecule has 2 aromatic rings. The molecule has 21 heavy (non-hydrogen) atoms. The predicted molar refractivity (Wildman–Crippen MR) is 84.6 cm³/mol. The fourth-order valence-corrected chi connectivity index (χ4v) is 2.58. The lowest BCUT2D eigenvalue weighted by Gasteiger charge is -2.08. The maximum absolute atomic E-state index is 12.0. The maximum Gasteiger partial charge on any atom is 0.286 e. The third-order valence-electron chi connectivity index (χ3n) is 3.72. The van der Waals surface area contributed by atoms with E-state index < -0.39 is 0 Å². The van der Waals surface area contributed by atoms with Gasteiger partial charge >= 0.3 is 0 Å². The molecule has 5 nitrogen and oxygen atoms in total. The summed E-state index contributed by atoms with van der Waals surface area (Å²) in [6, 6.07) is 8.20. The van der Waals surface area contributed by atoms with E-state index in [1.165, 1.54) is 10.9 Å². The third kappa shape index (κ3) is 3.24. The van der Waals surface area contributed by atoms with Gasteiger partial charge < -0.3 is 15.6 Å². The zero-order chi connectivity index (χ0) is 14.5. The summed E-state index contributed by atoms with van der Waals surface area (Å²) in [5.74, 6) is 0.378. The number of nitrogens with one attached hydrogen (secondary N) is 3. The van der Waals surface area contributed by atoms with Gasteiger partial charge in [0.1, 0.15) is 0 Å². The number of hydrogen-bond donors (Lipinski definition) is 3. The Morgan fingerprint density at radius 3 is 3.14 bits per heavy atom. The van der Waals surface area contributed by atoms with Crippen molar-refractivity contribution >= 4 is 22.6 Å². The summed E-state index contributed by atoms with van der Waals surface area (Å²) in [7, 11) is 0. The zero-order valence-corrected chi connectivity index (χ0v) is 12.0. The number of hydrogen-bond acceptors (Lipinski definition) is 3. The second-order valence-electron chi connectivity index (χ2n) is 5.23. The molecular formula is C16H20N4O. The average Bonchev–Trinajstić information content (AvgIpc) is 2.74. The number of aromatic amines is 1. The number of H-pyrrole nitrogens is 1. The number of fused-ring (bicyclic) bond motifs is 1. The van der Waals surface area contributed by atoms with E-state index in [0.29, 0.717) is 12.4 Å². The summed E-state index contributed by atoms with van der Waals surface area (Å²) in [4.78, 5) is 19.6. The van der Waals surface area contributed by atoms with Crippen LogP contribution in [0.5, 0.6) is 0 Å². The van der Waals surface area contributed by atoms with E-state index in [1.54, 1.807) is 0 Å². The van der Waals surface area contributed by atoms with Gasteiger partial charge in [-0.3, -0.25) is 9.79 Å². The van der Waals surface area contributed by atoms with Gasteiger partial charge in [0.2, 0.25) is 0 Å². The van der Waals surface area contributed by atoms with E-state index >= 15 is 0 Å². The molecule has 0 spiro atoms. The van der Waals surface area contributed by atoms with Crippen LogP contribution in [0.1, 0.15) is 18.4 Å². The molecular weight excluding hydrogens is 264 g/mol. The van der Waals surface area contributed by atoms with Gasteiger partial charge in [-0.15, -0.1) is 0 Å². The first kappa shape index (κ1) is 13.7. The molecule has 3 rings (SSSR count). The monoisotopic (exact) mass is 284 g/mol. The van der Waals surface area contributed by atoms with Crippen LogP contribution in [-0.2, 0) is 11.2 Å². The smallest absolute Gasteiger partial charge is 0.286 e. The fourth-order valence-electron chi connectivity index (χ4n) is 2.58. The van der Waals surface area contributed by atoms with Crippen LogP contribution in [0, 0.1) is 0 Å². The van der Waals surface area contributed by atoms with E-state index in [1.807, 2.05) is 18.3 Å². The Labute approximate surface area is 123 Å². The third-order valence-corrected chi connectivity index (χ3v) is 3.72. The number of rotatable bonds is 4. The quantitative estimate of drug-likeness (QED) is 0.798. The molecule has 0 bridgehead atoms. The van der Waals surface area contributed by atoms with Crippen LogP contribution < -0.4 is 10.6 Å². The highest BCUT2D eigenvalue weighted by Crippen LogP contribution is 2.17. The van der Waals surface area contributed by atoms with E-state index in [-0.39, 0.29) is 5.91 Å². The average molecular weight is 284 g/mol. The van der Waals surface area contributed by atoms with Crippen molar-refractivity contribution < 1.29 is 4.79 Å². The Morgan fingerprint density at radius 1 is 1.29 bits per heavy atom. The lowest BCUT2D eigenvalue weighted by atomic mass is 10.1. The van der Waals surface area contributed by atoms with Gasteiger partial charge in [0.25, 0.3) is 5.91 Å². The van der Waals surface area contributed by atoms with Crippen LogP contribution in [0.2, 0.25) is 0 Å². The number of aromatic nitrogens is 1. The van der Waals surface area contributed by atoms with E-state index in [9.17, 15) is 4.79 Å². The number of carbonyl (C=O) groups is 1. The molecule has 0 unspecified atom stereocenters. The number of aliphatic imine (C=N–C) groups is 1. The van der Waals surface area contributed by atoms with Crippen molar-refractivity contribution in [2.75, 3.05) is 19.6 Å². The lowest BCUT2D eigenvalue weighted by molar-refractivity contribution is -0.115. The number of amides is 1. The van der Waals surface area contributed by atoms with Crippen molar-refractivity contribution in [1.82, 2.24) is 15.6 Å². The Kier molecular flexibility index (Phi) is 4.19. The highest BCUT2D eigenvalue weighted by molar-refractivity contribution is 6.37. The van der Waals surface area contributed by atoms with E-state index in [0.717, 1.165) is 37.9 Å². The van der Waals surface area contributed by atoms with Crippen LogP contribution in [0.4, 0.5) is 0 Å². The highest BCUT2D eigenvalue weighted by Gasteiger charge is 2.12. The van der Waals surface area contributed by atoms with Crippen molar-refractivity contribution in [2.24, 2.45) is 4.99 Å². The SMILES string of the molecule is O=C(NCCc1c[nH]c2ccccc12)C1=NCCCCN1. The van der Waals surface area contributed by atoms with Crippen LogP contribution in [-0.4, -0.2) is 36.4 Å². The Hall–Kier alpha value is -2.30. The first-order valence-corrected chi connectivity index (χ1v) is 7.46. The summed E-state index contributed by atoms with van der Waals surface area (Å²) >= 11 is 0. The van der Waals surface area contributed by atoms with Crippen molar-refractivity contribution in [3.63, 3.8) is 0 Å². The van der Waals surface area contributed by atoms with Crippen LogP contribution in [0.15, 0.2) is 35.5 Å². The number of nitrogens with zero attached hydrogens (tertiary/aromatic N) is 1. The van der Waals surface area contributed by atoms with Crippen LogP contribution >= 0.6 is 0 Å². The summed E-state index contributed by atoms with van der Waals surface area (Å²) in [5, 5.41) is 7.24. The minimum absolute atomic E-state index is 0.100. The molecule has 5 heteroatoms. The van der Waals surface area contributed by atoms with Crippen LogP contribution in [0.25, 0.3) is 10.9 Å². The molecule has 0 fully saturated rings. The number of carbonyl (C=O) groups excluding carboxylic acids is 1. The van der Waals surface area contributed by atoms with Gasteiger partial charge in [-0.1, -0.05) is 18.2 Å². The van der Waals surface area contributed by atoms with E-state index in [4.69, 9.17) is 0 Å². The minimum Gasteiger partial charge on any atom is -0.366 e.